The Morgan fingerprint density at radius 2 is 1.72 bits per heavy atom. The Morgan fingerprint density at radius 3 is 2.43 bits per heavy atom. The number of likely N-dealkylation sites (tertiary alicyclic amines) is 1. The third kappa shape index (κ3) is 6.34. The van der Waals surface area contributed by atoms with Crippen molar-refractivity contribution < 1.29 is 24.2 Å². The van der Waals surface area contributed by atoms with Crippen LogP contribution < -0.4 is 15.0 Å². The van der Waals surface area contributed by atoms with Gasteiger partial charge in [0, 0.05) is 87.1 Å². The molecule has 3 fully saturated rings. The highest BCUT2D eigenvalue weighted by molar-refractivity contribution is 6.30. The smallest absolute Gasteiger partial charge is 0.255 e. The van der Waals surface area contributed by atoms with Crippen LogP contribution in [0.3, 0.4) is 0 Å². The van der Waals surface area contributed by atoms with Gasteiger partial charge < -0.3 is 19.6 Å². The van der Waals surface area contributed by atoms with Crippen molar-refractivity contribution in [2.24, 2.45) is 0 Å². The number of fused-ring (bicyclic) bond motifs is 1. The van der Waals surface area contributed by atoms with Crippen molar-refractivity contribution in [3.63, 3.8) is 0 Å². The minimum atomic E-state index is -0.973. The van der Waals surface area contributed by atoms with Crippen molar-refractivity contribution in [2.45, 2.75) is 69.4 Å². The fourth-order valence-corrected chi connectivity index (χ4v) is 7.31. The number of nitrogens with one attached hydrogen (secondary N) is 1. The zero-order chi connectivity index (χ0) is 31.8. The van der Waals surface area contributed by atoms with Gasteiger partial charge in [0.2, 0.25) is 17.7 Å². The lowest BCUT2D eigenvalue weighted by Crippen LogP contribution is -2.52. The van der Waals surface area contributed by atoms with E-state index in [0.717, 1.165) is 56.7 Å². The molecule has 2 aromatic carbocycles. The highest BCUT2D eigenvalue weighted by Crippen LogP contribution is 2.37. The lowest BCUT2D eigenvalue weighted by atomic mass is 9.83. The van der Waals surface area contributed by atoms with E-state index in [1.165, 1.54) is 11.3 Å². The number of piperidine rings is 3. The van der Waals surface area contributed by atoms with Gasteiger partial charge in [-0.25, -0.2) is 4.98 Å². The average molecular weight is 644 g/mol. The standard InChI is InChI=1S/C35H38ClN5O5/c36-26-9-14-37-32(20-26)46-28-10-15-40(16-11-28)27-4-1-23(2-5-27)21-39-17-12-35(45,13-18-39)25-3-6-29-24(19-25)22-41(34(29)44)30-7-8-31(42)38-33(30)43/h1-6,9,14,19-20,28,30,45H,7-8,10-13,15-18,21-22H2,(H,38,42,43). The number of amides is 3. The highest BCUT2D eigenvalue weighted by atomic mass is 35.5. The fourth-order valence-electron chi connectivity index (χ4n) is 7.16. The van der Waals surface area contributed by atoms with Gasteiger partial charge in [-0.05, 0) is 60.2 Å². The largest absolute Gasteiger partial charge is 0.474 e. The highest BCUT2D eigenvalue weighted by Gasteiger charge is 2.41. The Kier molecular flexibility index (Phi) is 8.44. The molecule has 240 valence electrons. The molecular formula is C35H38ClN5O5. The molecule has 2 N–H and O–H groups in total. The van der Waals surface area contributed by atoms with E-state index >= 15 is 0 Å². The second-order valence-electron chi connectivity index (χ2n) is 12.9. The second kappa shape index (κ2) is 12.7. The van der Waals surface area contributed by atoms with E-state index < -0.39 is 17.6 Å². The zero-order valence-electron chi connectivity index (χ0n) is 25.7. The number of imide groups is 1. The summed E-state index contributed by atoms with van der Waals surface area (Å²) in [6.07, 6.45) is 5.38. The van der Waals surface area contributed by atoms with Crippen LogP contribution in [-0.2, 0) is 28.3 Å². The van der Waals surface area contributed by atoms with Crippen LogP contribution in [0.25, 0.3) is 0 Å². The number of carbonyl (C=O) groups excluding carboxylic acids is 3. The quantitative estimate of drug-likeness (QED) is 0.371. The topological polar surface area (TPSA) is 115 Å². The van der Waals surface area contributed by atoms with Gasteiger partial charge >= 0.3 is 0 Å². The van der Waals surface area contributed by atoms with Crippen molar-refractivity contribution >= 4 is 35.0 Å². The van der Waals surface area contributed by atoms with E-state index in [-0.39, 0.29) is 24.3 Å². The molecule has 7 rings (SSSR count). The summed E-state index contributed by atoms with van der Waals surface area (Å²) < 4.78 is 6.04. The molecule has 1 atom stereocenters. The van der Waals surface area contributed by atoms with Gasteiger partial charge in [-0.1, -0.05) is 35.9 Å². The van der Waals surface area contributed by atoms with E-state index in [2.05, 4.69) is 44.4 Å². The monoisotopic (exact) mass is 643 g/mol. The number of aliphatic hydroxyl groups is 1. The number of anilines is 1. The molecule has 1 aromatic heterocycles. The van der Waals surface area contributed by atoms with Gasteiger partial charge in [0.25, 0.3) is 5.91 Å². The fraction of sp³-hybridized carbons (Fsp3) is 0.429. The molecule has 0 bridgehead atoms. The molecule has 0 spiro atoms. The van der Waals surface area contributed by atoms with Gasteiger partial charge in [-0.3, -0.25) is 24.6 Å². The summed E-state index contributed by atoms with van der Waals surface area (Å²) in [4.78, 5) is 47.6. The molecule has 4 aliphatic rings. The van der Waals surface area contributed by atoms with Crippen molar-refractivity contribution in [3.05, 3.63) is 88.1 Å². The van der Waals surface area contributed by atoms with E-state index in [1.54, 1.807) is 29.3 Å². The van der Waals surface area contributed by atoms with Gasteiger partial charge in [-0.2, -0.15) is 0 Å². The molecule has 11 heteroatoms. The summed E-state index contributed by atoms with van der Waals surface area (Å²) in [5.41, 5.74) is 3.67. The zero-order valence-corrected chi connectivity index (χ0v) is 26.4. The van der Waals surface area contributed by atoms with Crippen LogP contribution in [0.15, 0.2) is 60.8 Å². The van der Waals surface area contributed by atoms with Crippen LogP contribution >= 0.6 is 11.6 Å². The first kappa shape index (κ1) is 30.7. The summed E-state index contributed by atoms with van der Waals surface area (Å²) in [6.45, 7) is 4.47. The Labute approximate surface area is 273 Å². The number of aromatic nitrogens is 1. The van der Waals surface area contributed by atoms with Crippen LogP contribution in [0.5, 0.6) is 5.88 Å². The number of nitrogens with zero attached hydrogens (tertiary/aromatic N) is 4. The SMILES string of the molecule is O=C1CCC(N2Cc3cc(C4(O)CCN(Cc5ccc(N6CCC(Oc7cc(Cl)ccn7)CC6)cc5)CC4)ccc3C2=O)C(=O)N1. The molecule has 4 aliphatic heterocycles. The first-order valence-electron chi connectivity index (χ1n) is 16.1. The van der Waals surface area contributed by atoms with Crippen molar-refractivity contribution in [1.82, 2.24) is 20.1 Å². The molecule has 10 nitrogen and oxygen atoms in total. The Hall–Kier alpha value is -3.99. The molecule has 5 heterocycles. The predicted octanol–water partition coefficient (Wildman–Crippen LogP) is 4.03. The molecule has 1 unspecified atom stereocenters. The van der Waals surface area contributed by atoms with Crippen molar-refractivity contribution in [2.75, 3.05) is 31.1 Å². The second-order valence-corrected chi connectivity index (χ2v) is 13.3. The lowest BCUT2D eigenvalue weighted by Gasteiger charge is -2.39. The first-order valence-corrected chi connectivity index (χ1v) is 16.5. The summed E-state index contributed by atoms with van der Waals surface area (Å²) in [5.74, 6) is -0.343. The average Bonchev–Trinajstić information content (AvgIpc) is 3.38. The molecule has 46 heavy (non-hydrogen) atoms. The maximum absolute atomic E-state index is 13.1. The molecule has 3 amide bonds. The van der Waals surface area contributed by atoms with Crippen LogP contribution in [0, 0.1) is 0 Å². The van der Waals surface area contributed by atoms with Gasteiger partial charge in [0.05, 0.1) is 5.60 Å². The van der Waals surface area contributed by atoms with Crippen LogP contribution in [-0.4, -0.2) is 75.9 Å². The number of halogens is 1. The van der Waals surface area contributed by atoms with E-state index in [1.807, 2.05) is 12.1 Å². The molecule has 0 aliphatic carbocycles. The van der Waals surface area contributed by atoms with Gasteiger partial charge in [-0.15, -0.1) is 0 Å². The lowest BCUT2D eigenvalue weighted by molar-refractivity contribution is -0.136. The van der Waals surface area contributed by atoms with Crippen LogP contribution in [0.1, 0.15) is 65.6 Å². The van der Waals surface area contributed by atoms with Crippen molar-refractivity contribution in [3.8, 4) is 5.88 Å². The minimum absolute atomic E-state index is 0.131. The normalized spacial score (nSPS) is 22.1. The Morgan fingerprint density at radius 1 is 0.957 bits per heavy atom. The van der Waals surface area contributed by atoms with Crippen LogP contribution in [0.2, 0.25) is 5.02 Å². The molecular weight excluding hydrogens is 606 g/mol. The summed E-state index contributed by atoms with van der Waals surface area (Å²) in [5, 5.41) is 14.6. The summed E-state index contributed by atoms with van der Waals surface area (Å²) in [6, 6.07) is 17.2. The molecule has 3 saturated heterocycles. The maximum Gasteiger partial charge on any atom is 0.255 e. The maximum atomic E-state index is 13.1. The molecule has 3 aromatic rings. The predicted molar refractivity (Wildman–Crippen MR) is 172 cm³/mol. The van der Waals surface area contributed by atoms with Gasteiger partial charge in [0.15, 0.2) is 0 Å². The van der Waals surface area contributed by atoms with E-state index in [4.69, 9.17) is 16.3 Å². The number of carbonyl (C=O) groups is 3. The van der Waals surface area contributed by atoms with Crippen molar-refractivity contribution in [1.29, 1.82) is 0 Å². The number of rotatable bonds is 7. The summed E-state index contributed by atoms with van der Waals surface area (Å²) in [7, 11) is 0. The first-order chi connectivity index (χ1) is 22.2. The number of hydrogen-bond acceptors (Lipinski definition) is 8. The number of ether oxygens (including phenoxy) is 1. The van der Waals surface area contributed by atoms with Gasteiger partial charge in [0.1, 0.15) is 12.1 Å². The summed E-state index contributed by atoms with van der Waals surface area (Å²) >= 11 is 6.06. The Bertz CT molecular complexity index is 1630. The van der Waals surface area contributed by atoms with Crippen LogP contribution in [0.4, 0.5) is 5.69 Å². The Balaban J connectivity index is 0.905. The van der Waals surface area contributed by atoms with E-state index in [9.17, 15) is 19.5 Å². The molecule has 0 saturated carbocycles. The minimum Gasteiger partial charge on any atom is -0.474 e. The van der Waals surface area contributed by atoms with E-state index in [0.29, 0.717) is 42.3 Å². The third-order valence-electron chi connectivity index (χ3n) is 9.88. The molecule has 0 radical (unpaired) electrons. The third-order valence-corrected chi connectivity index (χ3v) is 10.1. The number of pyridine rings is 1. The number of benzene rings is 2. The number of hydrogen-bond donors (Lipinski definition) is 2.